The second-order valence-electron chi connectivity index (χ2n) is 4.41. The second kappa shape index (κ2) is 7.28. The maximum atomic E-state index is 12.1. The van der Waals surface area contributed by atoms with Crippen molar-refractivity contribution in [1.82, 2.24) is 10.3 Å². The lowest BCUT2D eigenvalue weighted by Crippen LogP contribution is -2.37. The molecule has 1 aromatic carbocycles. The number of hydrogen-bond acceptors (Lipinski definition) is 3. The van der Waals surface area contributed by atoms with Gasteiger partial charge in [0.2, 0.25) is 0 Å². The molecule has 0 saturated carbocycles. The standard InChI is InChI=1S/C16H18N2O2/c1-2-15(20-14-8-4-3-5-9-14)16(19)18-12-13-7-6-10-17-11-13/h3-11,15H,2,12H2,1H3,(H,18,19)/t15-/m0/s1. The van der Waals surface area contributed by atoms with Gasteiger partial charge in [-0.25, -0.2) is 0 Å². The zero-order valence-corrected chi connectivity index (χ0v) is 11.5. The average Bonchev–Trinajstić information content (AvgIpc) is 2.52. The minimum atomic E-state index is -0.478. The van der Waals surface area contributed by atoms with E-state index >= 15 is 0 Å². The van der Waals surface area contributed by atoms with E-state index in [1.807, 2.05) is 49.4 Å². The van der Waals surface area contributed by atoms with Crippen LogP contribution in [0, 0.1) is 0 Å². The SMILES string of the molecule is CC[C@H](Oc1ccccc1)C(=O)NCc1cccnc1. The molecule has 0 aliphatic heterocycles. The maximum absolute atomic E-state index is 12.1. The van der Waals surface area contributed by atoms with Crippen LogP contribution in [-0.4, -0.2) is 17.0 Å². The Kier molecular flexibility index (Phi) is 5.12. The fourth-order valence-electron chi connectivity index (χ4n) is 1.79. The Hall–Kier alpha value is -2.36. The van der Waals surface area contributed by atoms with Crippen LogP contribution in [0.1, 0.15) is 18.9 Å². The molecule has 0 fully saturated rings. The third-order valence-corrected chi connectivity index (χ3v) is 2.87. The first-order chi connectivity index (χ1) is 9.79. The van der Waals surface area contributed by atoms with Gasteiger partial charge in [-0.2, -0.15) is 0 Å². The van der Waals surface area contributed by atoms with Gasteiger partial charge >= 0.3 is 0 Å². The van der Waals surface area contributed by atoms with E-state index in [1.165, 1.54) is 0 Å². The molecule has 0 unspecified atom stereocenters. The lowest BCUT2D eigenvalue weighted by Gasteiger charge is -2.17. The summed E-state index contributed by atoms with van der Waals surface area (Å²) in [6.45, 7) is 2.39. The molecule has 104 valence electrons. The van der Waals surface area contributed by atoms with Gasteiger partial charge in [-0.3, -0.25) is 9.78 Å². The number of nitrogens with one attached hydrogen (secondary N) is 1. The van der Waals surface area contributed by atoms with Crippen molar-refractivity contribution in [3.05, 3.63) is 60.4 Å². The largest absolute Gasteiger partial charge is 0.481 e. The van der Waals surface area contributed by atoms with Crippen molar-refractivity contribution in [2.24, 2.45) is 0 Å². The normalized spacial score (nSPS) is 11.7. The summed E-state index contributed by atoms with van der Waals surface area (Å²) in [5, 5.41) is 2.87. The molecule has 1 heterocycles. The number of hydrogen-bond donors (Lipinski definition) is 1. The summed E-state index contributed by atoms with van der Waals surface area (Å²) in [7, 11) is 0. The van der Waals surface area contributed by atoms with Crippen LogP contribution in [0.15, 0.2) is 54.9 Å². The van der Waals surface area contributed by atoms with Crippen LogP contribution in [-0.2, 0) is 11.3 Å². The Bertz CT molecular complexity index is 529. The quantitative estimate of drug-likeness (QED) is 0.877. The van der Waals surface area contributed by atoms with E-state index in [4.69, 9.17) is 4.74 Å². The molecule has 4 heteroatoms. The zero-order chi connectivity index (χ0) is 14.2. The number of nitrogens with zero attached hydrogens (tertiary/aromatic N) is 1. The number of pyridine rings is 1. The van der Waals surface area contributed by atoms with Crippen molar-refractivity contribution < 1.29 is 9.53 Å². The summed E-state index contributed by atoms with van der Waals surface area (Å²) in [6, 6.07) is 13.1. The maximum Gasteiger partial charge on any atom is 0.261 e. The van der Waals surface area contributed by atoms with Gasteiger partial charge in [-0.15, -0.1) is 0 Å². The molecule has 0 aliphatic carbocycles. The molecular weight excluding hydrogens is 252 g/mol. The van der Waals surface area contributed by atoms with Crippen LogP contribution >= 0.6 is 0 Å². The molecule has 1 amide bonds. The Labute approximate surface area is 118 Å². The molecule has 1 N–H and O–H groups in total. The van der Waals surface area contributed by atoms with E-state index in [2.05, 4.69) is 10.3 Å². The highest BCUT2D eigenvalue weighted by Gasteiger charge is 2.17. The molecule has 1 aromatic heterocycles. The number of amides is 1. The predicted octanol–water partition coefficient (Wildman–Crippen LogP) is 2.56. The van der Waals surface area contributed by atoms with Crippen molar-refractivity contribution >= 4 is 5.91 Å². The van der Waals surface area contributed by atoms with E-state index in [-0.39, 0.29) is 5.91 Å². The van der Waals surface area contributed by atoms with Gasteiger partial charge in [-0.05, 0) is 30.2 Å². The molecular formula is C16H18N2O2. The zero-order valence-electron chi connectivity index (χ0n) is 11.5. The topological polar surface area (TPSA) is 51.2 Å². The van der Waals surface area contributed by atoms with Crippen LogP contribution in [0.3, 0.4) is 0 Å². The molecule has 0 bridgehead atoms. The van der Waals surface area contributed by atoms with E-state index in [1.54, 1.807) is 12.4 Å². The Morgan fingerprint density at radius 3 is 2.70 bits per heavy atom. The number of para-hydroxylation sites is 1. The van der Waals surface area contributed by atoms with Crippen LogP contribution in [0.4, 0.5) is 0 Å². The van der Waals surface area contributed by atoms with E-state index in [9.17, 15) is 4.79 Å². The molecule has 0 radical (unpaired) electrons. The van der Waals surface area contributed by atoms with Crippen molar-refractivity contribution in [2.75, 3.05) is 0 Å². The van der Waals surface area contributed by atoms with Gasteiger partial charge in [0.25, 0.3) is 5.91 Å². The minimum Gasteiger partial charge on any atom is -0.481 e. The number of aromatic nitrogens is 1. The van der Waals surface area contributed by atoms with Crippen LogP contribution in [0.5, 0.6) is 5.75 Å². The van der Waals surface area contributed by atoms with Gasteiger partial charge in [0, 0.05) is 18.9 Å². The summed E-state index contributed by atoms with van der Waals surface area (Å²) in [4.78, 5) is 16.1. The molecule has 2 rings (SSSR count). The van der Waals surface area contributed by atoms with Gasteiger partial charge in [0.15, 0.2) is 6.10 Å². The summed E-state index contributed by atoms with van der Waals surface area (Å²) >= 11 is 0. The average molecular weight is 270 g/mol. The predicted molar refractivity (Wildman–Crippen MR) is 77.2 cm³/mol. The summed E-state index contributed by atoms with van der Waals surface area (Å²) in [5.41, 5.74) is 0.968. The van der Waals surface area contributed by atoms with E-state index < -0.39 is 6.10 Å². The lowest BCUT2D eigenvalue weighted by atomic mass is 10.2. The highest BCUT2D eigenvalue weighted by molar-refractivity contribution is 5.81. The van der Waals surface area contributed by atoms with Crippen molar-refractivity contribution in [3.63, 3.8) is 0 Å². The summed E-state index contributed by atoms with van der Waals surface area (Å²) < 4.78 is 5.69. The second-order valence-corrected chi connectivity index (χ2v) is 4.41. The molecule has 1 atom stereocenters. The van der Waals surface area contributed by atoms with Crippen LogP contribution in [0.25, 0.3) is 0 Å². The fourth-order valence-corrected chi connectivity index (χ4v) is 1.79. The Morgan fingerprint density at radius 2 is 2.05 bits per heavy atom. The number of benzene rings is 1. The van der Waals surface area contributed by atoms with E-state index in [0.717, 1.165) is 5.56 Å². The molecule has 0 saturated heterocycles. The van der Waals surface area contributed by atoms with Crippen molar-refractivity contribution in [1.29, 1.82) is 0 Å². The number of carbonyl (C=O) groups excluding carboxylic acids is 1. The smallest absolute Gasteiger partial charge is 0.261 e. The minimum absolute atomic E-state index is 0.111. The first-order valence-electron chi connectivity index (χ1n) is 6.68. The van der Waals surface area contributed by atoms with Crippen molar-refractivity contribution in [2.45, 2.75) is 26.0 Å². The monoisotopic (exact) mass is 270 g/mol. The highest BCUT2D eigenvalue weighted by Crippen LogP contribution is 2.12. The highest BCUT2D eigenvalue weighted by atomic mass is 16.5. The van der Waals surface area contributed by atoms with Gasteiger partial charge < -0.3 is 10.1 Å². The summed E-state index contributed by atoms with van der Waals surface area (Å²) in [6.07, 6.45) is 3.58. The van der Waals surface area contributed by atoms with Gasteiger partial charge in [0.1, 0.15) is 5.75 Å². The molecule has 0 spiro atoms. The van der Waals surface area contributed by atoms with E-state index in [0.29, 0.717) is 18.7 Å². The molecule has 0 aliphatic rings. The van der Waals surface area contributed by atoms with Crippen LogP contribution in [0.2, 0.25) is 0 Å². The molecule has 20 heavy (non-hydrogen) atoms. The first kappa shape index (κ1) is 14.1. The van der Waals surface area contributed by atoms with Crippen LogP contribution < -0.4 is 10.1 Å². The Morgan fingerprint density at radius 1 is 1.25 bits per heavy atom. The number of ether oxygens (including phenoxy) is 1. The third-order valence-electron chi connectivity index (χ3n) is 2.87. The van der Waals surface area contributed by atoms with Gasteiger partial charge in [0.05, 0.1) is 0 Å². The number of carbonyl (C=O) groups is 1. The van der Waals surface area contributed by atoms with Gasteiger partial charge in [-0.1, -0.05) is 31.2 Å². The molecule has 2 aromatic rings. The fraction of sp³-hybridized carbons (Fsp3) is 0.250. The Balaban J connectivity index is 1.89. The van der Waals surface area contributed by atoms with Crippen molar-refractivity contribution in [3.8, 4) is 5.75 Å². The molecule has 4 nitrogen and oxygen atoms in total. The summed E-state index contributed by atoms with van der Waals surface area (Å²) in [5.74, 6) is 0.594. The lowest BCUT2D eigenvalue weighted by molar-refractivity contribution is -0.128. The first-order valence-corrected chi connectivity index (χ1v) is 6.68. The third kappa shape index (κ3) is 4.09. The number of rotatable bonds is 6.